The van der Waals surface area contributed by atoms with Gasteiger partial charge in [-0.1, -0.05) is 6.92 Å². The molecule has 0 saturated carbocycles. The Labute approximate surface area is 150 Å². The van der Waals surface area contributed by atoms with Crippen LogP contribution in [0.15, 0.2) is 39.8 Å². The number of oxazole rings is 1. The number of imidazole rings is 1. The number of aryl methyl sites for hydroxylation is 3. The van der Waals surface area contributed by atoms with E-state index >= 15 is 0 Å². The van der Waals surface area contributed by atoms with Crippen LogP contribution in [0.2, 0.25) is 0 Å². The van der Waals surface area contributed by atoms with Crippen LogP contribution in [-0.2, 0) is 19.5 Å². The second-order valence-electron chi connectivity index (χ2n) is 5.92. The molecule has 1 aromatic carbocycles. The highest BCUT2D eigenvalue weighted by Crippen LogP contribution is 2.18. The lowest BCUT2D eigenvalue weighted by Gasteiger charge is -2.09. The third kappa shape index (κ3) is 3.79. The first-order valence-corrected chi connectivity index (χ1v) is 8.80. The number of hydrogen-bond donors (Lipinski definition) is 2. The second kappa shape index (κ2) is 7.90. The summed E-state index contributed by atoms with van der Waals surface area (Å²) in [7, 11) is 0. The molecule has 0 fully saturated rings. The van der Waals surface area contributed by atoms with Gasteiger partial charge in [-0.3, -0.25) is 4.57 Å². The number of carbonyl (C=O) groups excluding carboxylic acids is 1. The fraction of sp³-hybridized carbons (Fsp3) is 0.389. The Morgan fingerprint density at radius 2 is 2.15 bits per heavy atom. The Morgan fingerprint density at radius 3 is 2.92 bits per heavy atom. The molecule has 0 spiro atoms. The highest BCUT2D eigenvalue weighted by molar-refractivity contribution is 5.91. The number of amides is 2. The number of carbonyl (C=O) groups is 1. The van der Waals surface area contributed by atoms with Gasteiger partial charge in [0.2, 0.25) is 0 Å². The van der Waals surface area contributed by atoms with E-state index in [-0.39, 0.29) is 6.03 Å². The van der Waals surface area contributed by atoms with E-state index in [2.05, 4.69) is 27.1 Å². The summed E-state index contributed by atoms with van der Waals surface area (Å²) in [5.74, 6) is 0.651. The summed E-state index contributed by atoms with van der Waals surface area (Å²) in [6.45, 7) is 5.85. The summed E-state index contributed by atoms with van der Waals surface area (Å²) in [5.41, 5.74) is 1.76. The number of hydrogen-bond acceptors (Lipinski definition) is 4. The molecule has 0 bridgehead atoms. The minimum atomic E-state index is -0.393. The Hall–Kier alpha value is -3.03. The molecular formula is C18H23N5O3. The maximum Gasteiger partial charge on any atom is 0.419 e. The zero-order valence-corrected chi connectivity index (χ0v) is 15.0. The van der Waals surface area contributed by atoms with Crippen molar-refractivity contribution in [2.24, 2.45) is 0 Å². The highest BCUT2D eigenvalue weighted by atomic mass is 16.4. The van der Waals surface area contributed by atoms with Crippen molar-refractivity contribution in [1.29, 1.82) is 0 Å². The maximum atomic E-state index is 12.0. The van der Waals surface area contributed by atoms with Crippen LogP contribution in [-0.4, -0.2) is 26.7 Å². The molecule has 3 aromatic rings. The molecule has 138 valence electrons. The van der Waals surface area contributed by atoms with Crippen LogP contribution in [0.25, 0.3) is 11.1 Å². The van der Waals surface area contributed by atoms with Crippen molar-refractivity contribution in [2.45, 2.75) is 39.8 Å². The molecule has 0 saturated heterocycles. The van der Waals surface area contributed by atoms with Gasteiger partial charge in [-0.05, 0) is 25.5 Å². The van der Waals surface area contributed by atoms with Gasteiger partial charge in [-0.15, -0.1) is 0 Å². The van der Waals surface area contributed by atoms with E-state index in [9.17, 15) is 9.59 Å². The third-order valence-electron chi connectivity index (χ3n) is 4.22. The van der Waals surface area contributed by atoms with Crippen molar-refractivity contribution in [2.75, 3.05) is 11.9 Å². The Morgan fingerprint density at radius 1 is 1.31 bits per heavy atom. The average molecular weight is 357 g/mol. The van der Waals surface area contributed by atoms with Crippen molar-refractivity contribution in [1.82, 2.24) is 19.4 Å². The van der Waals surface area contributed by atoms with Crippen LogP contribution >= 0.6 is 0 Å². The summed E-state index contributed by atoms with van der Waals surface area (Å²) in [4.78, 5) is 28.0. The fourth-order valence-corrected chi connectivity index (χ4v) is 2.93. The van der Waals surface area contributed by atoms with E-state index in [1.54, 1.807) is 29.0 Å². The van der Waals surface area contributed by atoms with E-state index in [0.29, 0.717) is 24.4 Å². The van der Waals surface area contributed by atoms with E-state index in [4.69, 9.17) is 4.42 Å². The predicted octanol–water partition coefficient (Wildman–Crippen LogP) is 2.59. The van der Waals surface area contributed by atoms with Crippen LogP contribution in [0, 0.1) is 0 Å². The molecule has 0 aliphatic rings. The Bertz CT molecular complexity index is 953. The molecule has 0 unspecified atom stereocenters. The van der Waals surface area contributed by atoms with Crippen LogP contribution < -0.4 is 16.4 Å². The first-order chi connectivity index (χ1) is 12.6. The zero-order chi connectivity index (χ0) is 18.5. The molecule has 2 aromatic heterocycles. The molecule has 0 aliphatic heterocycles. The number of anilines is 1. The Balaban J connectivity index is 1.52. The lowest BCUT2D eigenvalue weighted by molar-refractivity contribution is 0.252. The van der Waals surface area contributed by atoms with Crippen LogP contribution in [0.3, 0.4) is 0 Å². The number of fused-ring (bicyclic) bond motifs is 1. The van der Waals surface area contributed by atoms with Crippen molar-refractivity contribution in [3.63, 3.8) is 0 Å². The van der Waals surface area contributed by atoms with Gasteiger partial charge in [-0.2, -0.15) is 0 Å². The van der Waals surface area contributed by atoms with E-state index in [1.165, 1.54) is 0 Å². The smallest absolute Gasteiger partial charge is 0.408 e. The lowest BCUT2D eigenvalue weighted by Crippen LogP contribution is -2.30. The lowest BCUT2D eigenvalue weighted by atomic mass is 10.3. The first kappa shape index (κ1) is 17.8. The van der Waals surface area contributed by atoms with Crippen molar-refractivity contribution < 1.29 is 9.21 Å². The minimum absolute atomic E-state index is 0.289. The molecule has 2 amide bonds. The van der Waals surface area contributed by atoms with E-state index in [1.807, 2.05) is 13.1 Å². The number of benzene rings is 1. The molecule has 26 heavy (non-hydrogen) atoms. The van der Waals surface area contributed by atoms with Crippen LogP contribution in [0.4, 0.5) is 10.5 Å². The largest absolute Gasteiger partial charge is 0.419 e. The standard InChI is InChI=1S/C18H23N5O3/c1-3-16-19-9-11-22(16)10-5-8-20-17(24)21-13-6-7-14-15(12-13)26-18(25)23(14)4-2/h6-7,9,11-12H,3-5,8,10H2,1-2H3,(H2,20,21,24). The molecule has 3 rings (SSSR count). The van der Waals surface area contributed by atoms with E-state index < -0.39 is 5.76 Å². The van der Waals surface area contributed by atoms with Gasteiger partial charge in [0.1, 0.15) is 5.82 Å². The van der Waals surface area contributed by atoms with Crippen molar-refractivity contribution in [3.05, 3.63) is 47.0 Å². The average Bonchev–Trinajstić information content (AvgIpc) is 3.20. The molecule has 0 aliphatic carbocycles. The third-order valence-corrected chi connectivity index (χ3v) is 4.22. The normalized spacial score (nSPS) is 11.0. The molecule has 0 atom stereocenters. The molecule has 0 radical (unpaired) electrons. The Kier molecular flexibility index (Phi) is 5.40. The maximum absolute atomic E-state index is 12.0. The van der Waals surface area contributed by atoms with E-state index in [0.717, 1.165) is 30.7 Å². The second-order valence-corrected chi connectivity index (χ2v) is 5.92. The van der Waals surface area contributed by atoms with Gasteiger partial charge < -0.3 is 19.6 Å². The molecule has 8 nitrogen and oxygen atoms in total. The van der Waals surface area contributed by atoms with Gasteiger partial charge >= 0.3 is 11.8 Å². The fourth-order valence-electron chi connectivity index (χ4n) is 2.93. The minimum Gasteiger partial charge on any atom is -0.408 e. The molecule has 2 heterocycles. The number of aromatic nitrogens is 3. The summed E-state index contributed by atoms with van der Waals surface area (Å²) in [5, 5.41) is 5.58. The van der Waals surface area contributed by atoms with Gasteiger partial charge in [0.25, 0.3) is 0 Å². The van der Waals surface area contributed by atoms with Crippen molar-refractivity contribution in [3.8, 4) is 0 Å². The van der Waals surface area contributed by atoms with Crippen LogP contribution in [0.1, 0.15) is 26.1 Å². The molecular weight excluding hydrogens is 334 g/mol. The van der Waals surface area contributed by atoms with Gasteiger partial charge in [0.05, 0.1) is 5.52 Å². The SMILES string of the molecule is CCc1nccn1CCCNC(=O)Nc1ccc2c(c1)oc(=O)n2CC. The highest BCUT2D eigenvalue weighted by Gasteiger charge is 2.09. The van der Waals surface area contributed by atoms with Crippen LogP contribution in [0.5, 0.6) is 0 Å². The molecule has 2 N–H and O–H groups in total. The van der Waals surface area contributed by atoms with Gasteiger partial charge in [0.15, 0.2) is 5.58 Å². The monoisotopic (exact) mass is 357 g/mol. The molecule has 8 heteroatoms. The summed E-state index contributed by atoms with van der Waals surface area (Å²) >= 11 is 0. The topological polar surface area (TPSA) is 94.1 Å². The quantitative estimate of drug-likeness (QED) is 0.636. The number of urea groups is 1. The number of nitrogens with one attached hydrogen (secondary N) is 2. The number of rotatable bonds is 7. The summed E-state index contributed by atoms with van der Waals surface area (Å²) in [6.07, 6.45) is 5.44. The zero-order valence-electron chi connectivity index (χ0n) is 15.0. The van der Waals surface area contributed by atoms with Gasteiger partial charge in [-0.25, -0.2) is 14.6 Å². The summed E-state index contributed by atoms with van der Waals surface area (Å²) < 4.78 is 8.83. The summed E-state index contributed by atoms with van der Waals surface area (Å²) in [6, 6.07) is 4.89. The first-order valence-electron chi connectivity index (χ1n) is 8.80. The predicted molar refractivity (Wildman–Crippen MR) is 99.4 cm³/mol. The van der Waals surface area contributed by atoms with Crippen molar-refractivity contribution >= 4 is 22.8 Å². The van der Waals surface area contributed by atoms with Gasteiger partial charge in [0, 0.05) is 50.2 Å². The number of nitrogens with zero attached hydrogens (tertiary/aromatic N) is 3.